The van der Waals surface area contributed by atoms with Gasteiger partial charge >= 0.3 is 0 Å². The maximum Gasteiger partial charge on any atom is 0.240 e. The van der Waals surface area contributed by atoms with Gasteiger partial charge in [0.1, 0.15) is 5.82 Å². The second kappa shape index (κ2) is 7.73. The van der Waals surface area contributed by atoms with E-state index in [2.05, 4.69) is 9.62 Å². The Labute approximate surface area is 136 Å². The topological polar surface area (TPSA) is 49.4 Å². The third kappa shape index (κ3) is 4.91. The van der Waals surface area contributed by atoms with Gasteiger partial charge < -0.3 is 4.90 Å². The van der Waals surface area contributed by atoms with E-state index in [0.717, 1.165) is 31.8 Å². The van der Waals surface area contributed by atoms with Crippen LogP contribution in [0.4, 0.5) is 4.39 Å². The van der Waals surface area contributed by atoms with E-state index in [1.54, 1.807) is 0 Å². The van der Waals surface area contributed by atoms with E-state index in [1.807, 2.05) is 6.92 Å². The summed E-state index contributed by atoms with van der Waals surface area (Å²) in [7, 11) is -3.66. The van der Waals surface area contributed by atoms with Crippen LogP contribution in [-0.4, -0.2) is 39.5 Å². The number of hydrogen-bond acceptors (Lipinski definition) is 3. The number of benzene rings is 1. The molecule has 1 heterocycles. The summed E-state index contributed by atoms with van der Waals surface area (Å²) in [6.07, 6.45) is 3.71. The van der Waals surface area contributed by atoms with Crippen molar-refractivity contribution in [2.45, 2.75) is 31.1 Å². The Bertz CT molecular complexity index is 604. The van der Waals surface area contributed by atoms with Crippen LogP contribution in [0.5, 0.6) is 0 Å². The molecule has 0 saturated carbocycles. The Hall–Kier alpha value is -0.690. The number of piperidine rings is 1. The second-order valence-corrected chi connectivity index (χ2v) is 8.07. The third-order valence-corrected chi connectivity index (χ3v) is 5.55. The molecule has 0 spiro atoms. The molecule has 1 atom stereocenters. The molecule has 1 aliphatic heterocycles. The summed E-state index contributed by atoms with van der Waals surface area (Å²) in [5.74, 6) is -0.414. The lowest BCUT2D eigenvalue weighted by molar-refractivity contribution is 0.201. The monoisotopic (exact) mass is 348 g/mol. The van der Waals surface area contributed by atoms with Crippen LogP contribution in [0.25, 0.3) is 0 Å². The van der Waals surface area contributed by atoms with Gasteiger partial charge in [0.05, 0.1) is 9.92 Å². The number of nitrogens with one attached hydrogen (secondary N) is 1. The van der Waals surface area contributed by atoms with Crippen molar-refractivity contribution in [3.05, 3.63) is 29.0 Å². The van der Waals surface area contributed by atoms with Gasteiger partial charge in [-0.1, -0.05) is 24.9 Å². The largest absolute Gasteiger partial charge is 0.303 e. The molecule has 7 heteroatoms. The Morgan fingerprint density at radius 3 is 2.64 bits per heavy atom. The van der Waals surface area contributed by atoms with E-state index < -0.39 is 15.8 Å². The first-order chi connectivity index (χ1) is 10.4. The van der Waals surface area contributed by atoms with Gasteiger partial charge in [-0.25, -0.2) is 17.5 Å². The Balaban J connectivity index is 1.89. The highest BCUT2D eigenvalue weighted by atomic mass is 35.5. The molecule has 0 unspecified atom stereocenters. The fraction of sp³-hybridized carbons (Fsp3) is 0.600. The quantitative estimate of drug-likeness (QED) is 0.860. The molecule has 0 radical (unpaired) electrons. The fourth-order valence-electron chi connectivity index (χ4n) is 2.63. The van der Waals surface area contributed by atoms with Gasteiger partial charge in [0.25, 0.3) is 0 Å². The molecule has 1 fully saturated rings. The van der Waals surface area contributed by atoms with E-state index in [0.29, 0.717) is 6.54 Å². The fourth-order valence-corrected chi connectivity index (χ4v) is 4.06. The molecular weight excluding hydrogens is 327 g/mol. The van der Waals surface area contributed by atoms with Crippen molar-refractivity contribution in [1.29, 1.82) is 0 Å². The first kappa shape index (κ1) is 17.7. The van der Waals surface area contributed by atoms with Crippen LogP contribution >= 0.6 is 11.6 Å². The highest BCUT2D eigenvalue weighted by molar-refractivity contribution is 7.89. The van der Waals surface area contributed by atoms with Crippen LogP contribution in [0.15, 0.2) is 23.1 Å². The zero-order valence-corrected chi connectivity index (χ0v) is 14.3. The lowest BCUT2D eigenvalue weighted by Crippen LogP contribution is -2.38. The second-order valence-electron chi connectivity index (χ2n) is 5.89. The number of sulfonamides is 1. The minimum absolute atomic E-state index is 0.0101. The number of hydrogen-bond donors (Lipinski definition) is 1. The van der Waals surface area contributed by atoms with Crippen molar-refractivity contribution in [3.63, 3.8) is 0 Å². The summed E-state index contributed by atoms with van der Waals surface area (Å²) in [6.45, 7) is 5.44. The molecule has 1 aliphatic rings. The maximum atomic E-state index is 13.1. The summed E-state index contributed by atoms with van der Waals surface area (Å²) >= 11 is 5.64. The van der Waals surface area contributed by atoms with Crippen LogP contribution in [-0.2, 0) is 10.0 Å². The summed E-state index contributed by atoms with van der Waals surface area (Å²) in [5.41, 5.74) is 0. The minimum atomic E-state index is -3.66. The molecule has 0 aromatic heterocycles. The van der Waals surface area contributed by atoms with Gasteiger partial charge in [0.15, 0.2) is 0 Å². The molecule has 1 aromatic carbocycles. The van der Waals surface area contributed by atoms with Crippen LogP contribution < -0.4 is 4.72 Å². The number of nitrogens with zero attached hydrogens (tertiary/aromatic N) is 1. The number of likely N-dealkylation sites (tertiary alicyclic amines) is 1. The predicted molar refractivity (Wildman–Crippen MR) is 86.1 cm³/mol. The third-order valence-electron chi connectivity index (χ3n) is 3.84. The van der Waals surface area contributed by atoms with Crippen LogP contribution in [0.3, 0.4) is 0 Å². The van der Waals surface area contributed by atoms with Gasteiger partial charge in [-0.2, -0.15) is 0 Å². The minimum Gasteiger partial charge on any atom is -0.303 e. The average Bonchev–Trinajstić information content (AvgIpc) is 2.49. The molecular formula is C15H22ClFN2O2S. The summed E-state index contributed by atoms with van der Waals surface area (Å²) in [4.78, 5) is 2.36. The van der Waals surface area contributed by atoms with E-state index in [9.17, 15) is 12.8 Å². The van der Waals surface area contributed by atoms with Gasteiger partial charge in [-0.05, 0) is 50.0 Å². The molecule has 2 rings (SSSR count). The molecule has 0 amide bonds. The summed E-state index contributed by atoms with van der Waals surface area (Å²) < 4.78 is 40.1. The molecule has 0 bridgehead atoms. The van der Waals surface area contributed by atoms with Crippen molar-refractivity contribution in [1.82, 2.24) is 9.62 Å². The molecule has 1 saturated heterocycles. The zero-order valence-electron chi connectivity index (χ0n) is 12.7. The molecule has 4 nitrogen and oxygen atoms in total. The van der Waals surface area contributed by atoms with Crippen LogP contribution in [0, 0.1) is 11.7 Å². The van der Waals surface area contributed by atoms with Gasteiger partial charge in [-0.15, -0.1) is 0 Å². The Morgan fingerprint density at radius 1 is 1.32 bits per heavy atom. The van der Waals surface area contributed by atoms with Crippen molar-refractivity contribution in [3.8, 4) is 0 Å². The lowest BCUT2D eigenvalue weighted by atomic mass is 10.1. The van der Waals surface area contributed by atoms with E-state index in [-0.39, 0.29) is 15.8 Å². The molecule has 1 N–H and O–H groups in total. The smallest absolute Gasteiger partial charge is 0.240 e. The Morgan fingerprint density at radius 2 is 2.00 bits per heavy atom. The zero-order chi connectivity index (χ0) is 16.2. The van der Waals surface area contributed by atoms with Gasteiger partial charge in [-0.3, -0.25) is 0 Å². The van der Waals surface area contributed by atoms with Crippen molar-refractivity contribution in [2.24, 2.45) is 5.92 Å². The highest BCUT2D eigenvalue weighted by Gasteiger charge is 2.18. The molecule has 1 aromatic rings. The lowest BCUT2D eigenvalue weighted by Gasteiger charge is -2.29. The van der Waals surface area contributed by atoms with Crippen LogP contribution in [0.1, 0.15) is 26.2 Å². The SMILES string of the molecule is C[C@@H](CNS(=O)(=O)c1ccc(F)c(Cl)c1)CN1CCCCC1. The molecule has 124 valence electrons. The van der Waals surface area contributed by atoms with E-state index in [4.69, 9.17) is 11.6 Å². The number of rotatable bonds is 6. The molecule has 0 aliphatic carbocycles. The highest BCUT2D eigenvalue weighted by Crippen LogP contribution is 2.19. The maximum absolute atomic E-state index is 13.1. The normalized spacial score (nSPS) is 18.3. The first-order valence-corrected chi connectivity index (χ1v) is 9.41. The standard InChI is InChI=1S/C15H22ClFN2O2S/c1-12(11-19-7-3-2-4-8-19)10-18-22(20,21)13-5-6-15(17)14(16)9-13/h5-6,9,12,18H,2-4,7-8,10-11H2,1H3/t12-/m0/s1. The van der Waals surface area contributed by atoms with E-state index in [1.165, 1.54) is 25.3 Å². The summed E-state index contributed by atoms with van der Waals surface area (Å²) in [6, 6.07) is 3.42. The van der Waals surface area contributed by atoms with Crippen molar-refractivity contribution in [2.75, 3.05) is 26.2 Å². The first-order valence-electron chi connectivity index (χ1n) is 7.55. The van der Waals surface area contributed by atoms with Crippen molar-refractivity contribution < 1.29 is 12.8 Å². The van der Waals surface area contributed by atoms with Gasteiger partial charge in [0.2, 0.25) is 10.0 Å². The molecule has 22 heavy (non-hydrogen) atoms. The number of halogens is 2. The van der Waals surface area contributed by atoms with Crippen LogP contribution in [0.2, 0.25) is 5.02 Å². The summed E-state index contributed by atoms with van der Waals surface area (Å²) in [5, 5.41) is -0.191. The predicted octanol–water partition coefficient (Wildman–Crippen LogP) is 2.88. The average molecular weight is 349 g/mol. The van der Waals surface area contributed by atoms with Crippen molar-refractivity contribution >= 4 is 21.6 Å². The van der Waals surface area contributed by atoms with E-state index >= 15 is 0 Å². The Kier molecular flexibility index (Phi) is 6.20. The van der Waals surface area contributed by atoms with Gasteiger partial charge in [0, 0.05) is 13.1 Å².